The summed E-state index contributed by atoms with van der Waals surface area (Å²) in [5.74, 6) is 1.77. The molecule has 0 spiro atoms. The molecular weight excluding hydrogens is 332 g/mol. The minimum atomic E-state index is -2.69. The number of hydrogen-bond donors (Lipinski definition) is 0. The van der Waals surface area contributed by atoms with Crippen LogP contribution >= 0.6 is 0 Å². The monoisotopic (exact) mass is 362 g/mol. The highest BCUT2D eigenvalue weighted by molar-refractivity contribution is 6.73. The van der Waals surface area contributed by atoms with Crippen LogP contribution in [0.5, 0.6) is 0 Å². The van der Waals surface area contributed by atoms with Crippen LogP contribution in [0.2, 0.25) is 10.1 Å². The molecule has 0 bridgehead atoms. The summed E-state index contributed by atoms with van der Waals surface area (Å²) in [7, 11) is -2.69. The predicted octanol–water partition coefficient (Wildman–Crippen LogP) is 6.52. The molecule has 3 rings (SSSR count). The highest BCUT2D eigenvalue weighted by Crippen LogP contribution is 2.57. The summed E-state index contributed by atoms with van der Waals surface area (Å²) >= 11 is 0. The molecule has 2 aromatic rings. The van der Waals surface area contributed by atoms with E-state index in [4.69, 9.17) is 17.7 Å². The van der Waals surface area contributed by atoms with Gasteiger partial charge in [0.1, 0.15) is 23.7 Å². The fourth-order valence-electron chi connectivity index (χ4n) is 4.03. The van der Waals surface area contributed by atoms with Gasteiger partial charge in [-0.2, -0.15) is 0 Å². The molecule has 2 atom stereocenters. The summed E-state index contributed by atoms with van der Waals surface area (Å²) in [6.07, 6.45) is 4.96. The van der Waals surface area contributed by atoms with Crippen LogP contribution in [0.15, 0.2) is 45.6 Å². The van der Waals surface area contributed by atoms with Crippen molar-refractivity contribution in [3.63, 3.8) is 0 Å². The van der Waals surface area contributed by atoms with Crippen molar-refractivity contribution in [1.29, 1.82) is 0 Å². The van der Waals surface area contributed by atoms with Crippen LogP contribution in [0, 0.1) is 0 Å². The normalized spacial score (nSPS) is 24.9. The SMILES string of the molecule is CC(C)(C)[Si]1(C(C)(C)C)O[C@@H](c2ccco2)CC[C@H](c2ccco2)O1. The zero-order chi connectivity index (χ0) is 18.3. The van der Waals surface area contributed by atoms with Gasteiger partial charge in [0.25, 0.3) is 0 Å². The summed E-state index contributed by atoms with van der Waals surface area (Å²) in [5.41, 5.74) is 0. The number of furan rings is 2. The lowest BCUT2D eigenvalue weighted by molar-refractivity contribution is 0.0652. The van der Waals surface area contributed by atoms with E-state index in [0.717, 1.165) is 24.4 Å². The quantitative estimate of drug-likeness (QED) is 0.570. The molecule has 138 valence electrons. The van der Waals surface area contributed by atoms with E-state index in [9.17, 15) is 0 Å². The van der Waals surface area contributed by atoms with Gasteiger partial charge in [-0.3, -0.25) is 0 Å². The average molecular weight is 363 g/mol. The lowest BCUT2D eigenvalue weighted by atomic mass is 10.1. The molecule has 0 unspecified atom stereocenters. The maximum atomic E-state index is 6.88. The first-order valence-electron chi connectivity index (χ1n) is 9.06. The van der Waals surface area contributed by atoms with Gasteiger partial charge in [-0.1, -0.05) is 41.5 Å². The van der Waals surface area contributed by atoms with Gasteiger partial charge in [-0.25, -0.2) is 0 Å². The third-order valence-corrected chi connectivity index (χ3v) is 10.2. The number of rotatable bonds is 2. The first-order valence-corrected chi connectivity index (χ1v) is 10.9. The van der Waals surface area contributed by atoms with Crippen molar-refractivity contribution in [3.8, 4) is 0 Å². The van der Waals surface area contributed by atoms with Crippen LogP contribution in [-0.4, -0.2) is 8.56 Å². The Bertz CT molecular complexity index is 601. The third kappa shape index (κ3) is 3.37. The summed E-state index contributed by atoms with van der Waals surface area (Å²) in [6, 6.07) is 7.85. The molecule has 1 aliphatic heterocycles. The van der Waals surface area contributed by atoms with E-state index in [0.29, 0.717) is 0 Å². The van der Waals surface area contributed by atoms with E-state index in [2.05, 4.69) is 41.5 Å². The largest absolute Gasteiger partial charge is 0.467 e. The Morgan fingerprint density at radius 3 is 1.44 bits per heavy atom. The maximum Gasteiger partial charge on any atom is 0.350 e. The molecule has 3 heterocycles. The first kappa shape index (κ1) is 18.5. The van der Waals surface area contributed by atoms with Crippen LogP contribution in [0.3, 0.4) is 0 Å². The van der Waals surface area contributed by atoms with Crippen LogP contribution in [-0.2, 0) is 8.85 Å². The second kappa shape index (κ2) is 6.45. The zero-order valence-corrected chi connectivity index (χ0v) is 17.2. The first-order chi connectivity index (χ1) is 11.6. The van der Waals surface area contributed by atoms with Crippen molar-refractivity contribution in [2.75, 3.05) is 0 Å². The molecule has 0 radical (unpaired) electrons. The molecule has 1 saturated heterocycles. The second-order valence-electron chi connectivity index (χ2n) is 8.94. The van der Waals surface area contributed by atoms with Crippen molar-refractivity contribution in [2.24, 2.45) is 0 Å². The van der Waals surface area contributed by atoms with Crippen LogP contribution in [0.4, 0.5) is 0 Å². The summed E-state index contributed by atoms with van der Waals surface area (Å²) in [4.78, 5) is 0. The van der Waals surface area contributed by atoms with Crippen molar-refractivity contribution in [2.45, 2.75) is 76.7 Å². The summed E-state index contributed by atoms with van der Waals surface area (Å²) in [6.45, 7) is 13.4. The standard InChI is InChI=1S/C20H30O4Si/c1-19(2,3)25(20(4,5)6)23-17(15-9-7-13-21-15)11-12-18(24-25)16-10-8-14-22-16/h7-10,13-14,17-18H,11-12H2,1-6H3/t17-,18-/m1/s1. The Labute approximate surface area is 151 Å². The fourth-order valence-corrected chi connectivity index (χ4v) is 9.02. The molecule has 0 aliphatic carbocycles. The Morgan fingerprint density at radius 2 is 1.16 bits per heavy atom. The summed E-state index contributed by atoms with van der Waals surface area (Å²) in [5, 5.41) is -0.212. The lowest BCUT2D eigenvalue weighted by Gasteiger charge is -2.50. The van der Waals surface area contributed by atoms with Crippen LogP contribution < -0.4 is 0 Å². The molecule has 5 heteroatoms. The van der Waals surface area contributed by atoms with Gasteiger partial charge < -0.3 is 17.7 Å². The zero-order valence-electron chi connectivity index (χ0n) is 16.2. The van der Waals surface area contributed by atoms with Gasteiger partial charge >= 0.3 is 8.56 Å². The molecule has 25 heavy (non-hydrogen) atoms. The molecule has 2 aromatic heterocycles. The van der Waals surface area contributed by atoms with Gasteiger partial charge in [0.15, 0.2) is 0 Å². The smallest absolute Gasteiger partial charge is 0.350 e. The van der Waals surface area contributed by atoms with Crippen molar-refractivity contribution in [1.82, 2.24) is 0 Å². The second-order valence-corrected chi connectivity index (χ2v) is 13.6. The molecule has 0 aromatic carbocycles. The molecule has 1 aliphatic rings. The lowest BCUT2D eigenvalue weighted by Crippen LogP contribution is -2.57. The topological polar surface area (TPSA) is 44.7 Å². The Balaban J connectivity index is 2.07. The minimum absolute atomic E-state index is 0.0833. The van der Waals surface area contributed by atoms with Crippen molar-refractivity contribution < 1.29 is 17.7 Å². The van der Waals surface area contributed by atoms with Crippen LogP contribution in [0.1, 0.15) is 78.1 Å². The van der Waals surface area contributed by atoms with Gasteiger partial charge in [0, 0.05) is 10.1 Å². The molecule has 0 N–H and O–H groups in total. The molecule has 4 nitrogen and oxygen atoms in total. The summed E-state index contributed by atoms with van der Waals surface area (Å²) < 4.78 is 25.1. The molecule has 1 fully saturated rings. The Hall–Kier alpha value is -1.30. The Morgan fingerprint density at radius 1 is 0.760 bits per heavy atom. The van der Waals surface area contributed by atoms with Crippen molar-refractivity contribution in [3.05, 3.63) is 48.3 Å². The molecule has 0 amide bonds. The van der Waals surface area contributed by atoms with Crippen LogP contribution in [0.25, 0.3) is 0 Å². The van der Waals surface area contributed by atoms with Gasteiger partial charge in [0.2, 0.25) is 0 Å². The van der Waals surface area contributed by atoms with Gasteiger partial charge in [0.05, 0.1) is 12.5 Å². The highest BCUT2D eigenvalue weighted by atomic mass is 28.4. The van der Waals surface area contributed by atoms with E-state index < -0.39 is 8.56 Å². The average Bonchev–Trinajstić information content (AvgIpc) is 3.16. The van der Waals surface area contributed by atoms with Gasteiger partial charge in [-0.05, 0) is 37.1 Å². The number of hydrogen-bond acceptors (Lipinski definition) is 4. The van der Waals surface area contributed by atoms with E-state index in [1.165, 1.54) is 0 Å². The Kier molecular flexibility index (Phi) is 4.77. The maximum absolute atomic E-state index is 6.88. The van der Waals surface area contributed by atoms with Crippen molar-refractivity contribution >= 4 is 8.56 Å². The van der Waals surface area contributed by atoms with Gasteiger partial charge in [-0.15, -0.1) is 0 Å². The predicted molar refractivity (Wildman–Crippen MR) is 99.5 cm³/mol. The van der Waals surface area contributed by atoms with E-state index >= 15 is 0 Å². The van der Waals surface area contributed by atoms with E-state index in [-0.39, 0.29) is 22.3 Å². The van der Waals surface area contributed by atoms with E-state index in [1.807, 2.05) is 24.3 Å². The highest BCUT2D eigenvalue weighted by Gasteiger charge is 2.61. The molecule has 0 saturated carbocycles. The fraction of sp³-hybridized carbons (Fsp3) is 0.600. The third-order valence-electron chi connectivity index (χ3n) is 5.00. The molecular formula is C20H30O4Si. The minimum Gasteiger partial charge on any atom is -0.467 e. The van der Waals surface area contributed by atoms with E-state index in [1.54, 1.807) is 12.5 Å².